The Balaban J connectivity index is 1.23. The number of para-hydroxylation sites is 1. The maximum absolute atomic E-state index is 11.0. The summed E-state index contributed by atoms with van der Waals surface area (Å²) in [5.41, 5.74) is 2.58. The van der Waals surface area contributed by atoms with E-state index in [-0.39, 0.29) is 12.3 Å². The van der Waals surface area contributed by atoms with Crippen molar-refractivity contribution >= 4 is 17.6 Å². The second kappa shape index (κ2) is 11.2. The molecule has 2 atom stereocenters. The van der Waals surface area contributed by atoms with Gasteiger partial charge in [0.2, 0.25) is 5.82 Å². The molecule has 190 valence electrons. The Morgan fingerprint density at radius 2 is 1.86 bits per heavy atom. The van der Waals surface area contributed by atoms with E-state index in [1.807, 2.05) is 72.8 Å². The number of carboxylic acids is 1. The zero-order chi connectivity index (χ0) is 25.8. The fourth-order valence-corrected chi connectivity index (χ4v) is 5.09. The van der Waals surface area contributed by atoms with Gasteiger partial charge in [0.1, 0.15) is 11.5 Å². The Morgan fingerprint density at radius 3 is 2.57 bits per heavy atom. The number of hydrogen-bond acceptors (Lipinski definition) is 6. The molecule has 8 heteroatoms. The Hall–Kier alpha value is -3.68. The number of benzene rings is 3. The summed E-state index contributed by atoms with van der Waals surface area (Å²) in [6.45, 7) is 3.79. The molecule has 1 aliphatic rings. The third kappa shape index (κ3) is 6.18. The summed E-state index contributed by atoms with van der Waals surface area (Å²) in [5.74, 6) is 1.85. The van der Waals surface area contributed by atoms with Gasteiger partial charge in [-0.05, 0) is 86.3 Å². The number of hydrogen-bond donors (Lipinski definition) is 1. The summed E-state index contributed by atoms with van der Waals surface area (Å²) in [7, 11) is 0. The quantitative estimate of drug-likeness (QED) is 0.271. The fraction of sp³-hybridized carbons (Fsp3) is 0.276. The number of likely N-dealkylation sites (tertiary alicyclic amines) is 1. The molecule has 2 heterocycles. The molecule has 7 nitrogen and oxygen atoms in total. The molecule has 37 heavy (non-hydrogen) atoms. The number of piperidine rings is 1. The average Bonchev–Trinajstić information content (AvgIpc) is 3.36. The lowest BCUT2D eigenvalue weighted by atomic mass is 9.89. The molecule has 4 aromatic rings. The molecular formula is C29H28ClN3O4. The molecule has 1 aromatic heterocycles. The Labute approximate surface area is 220 Å². The number of carbonyl (C=O) groups is 1. The molecule has 0 spiro atoms. The van der Waals surface area contributed by atoms with Gasteiger partial charge in [-0.25, -0.2) is 0 Å². The van der Waals surface area contributed by atoms with Crippen LogP contribution in [0.2, 0.25) is 5.02 Å². The van der Waals surface area contributed by atoms with E-state index in [0.29, 0.717) is 34.1 Å². The highest BCUT2D eigenvalue weighted by Gasteiger charge is 2.27. The summed E-state index contributed by atoms with van der Waals surface area (Å²) in [6.07, 6.45) is 2.04. The van der Waals surface area contributed by atoms with Gasteiger partial charge in [0.15, 0.2) is 0 Å². The first kappa shape index (κ1) is 25.0. The molecule has 3 aromatic carbocycles. The lowest BCUT2D eigenvalue weighted by Crippen LogP contribution is -2.40. The van der Waals surface area contributed by atoms with Crippen LogP contribution < -0.4 is 4.74 Å². The maximum atomic E-state index is 11.0. The molecule has 2 unspecified atom stereocenters. The number of halogens is 1. The smallest absolute Gasteiger partial charge is 0.303 e. The van der Waals surface area contributed by atoms with Crippen LogP contribution in [0.15, 0.2) is 77.3 Å². The van der Waals surface area contributed by atoms with E-state index in [2.05, 4.69) is 22.0 Å². The number of carboxylic acid groups (broad SMARTS) is 1. The minimum Gasteiger partial charge on any atom is -0.481 e. The highest BCUT2D eigenvalue weighted by molar-refractivity contribution is 6.33. The highest BCUT2D eigenvalue weighted by Crippen LogP contribution is 2.32. The normalized spacial score (nSPS) is 18.0. The van der Waals surface area contributed by atoms with Crippen molar-refractivity contribution in [3.63, 3.8) is 0 Å². The molecular weight excluding hydrogens is 490 g/mol. The Bertz CT molecular complexity index is 1360. The van der Waals surface area contributed by atoms with Crippen LogP contribution in [0.3, 0.4) is 0 Å². The number of rotatable bonds is 8. The van der Waals surface area contributed by atoms with E-state index in [9.17, 15) is 4.79 Å². The van der Waals surface area contributed by atoms with Crippen LogP contribution in [0.25, 0.3) is 22.8 Å². The minimum atomic E-state index is -0.716. The van der Waals surface area contributed by atoms with E-state index in [1.54, 1.807) is 0 Å². The predicted octanol–water partition coefficient (Wildman–Crippen LogP) is 6.92. The lowest BCUT2D eigenvalue weighted by molar-refractivity contribution is -0.138. The number of ether oxygens (including phenoxy) is 1. The van der Waals surface area contributed by atoms with Crippen LogP contribution in [0, 0.1) is 5.92 Å². The minimum absolute atomic E-state index is 0.245. The largest absolute Gasteiger partial charge is 0.481 e. The molecule has 0 aliphatic carbocycles. The van der Waals surface area contributed by atoms with Crippen LogP contribution in [0.5, 0.6) is 11.5 Å². The zero-order valence-corrected chi connectivity index (χ0v) is 21.3. The van der Waals surface area contributed by atoms with Crippen molar-refractivity contribution in [1.29, 1.82) is 0 Å². The van der Waals surface area contributed by atoms with Gasteiger partial charge in [0, 0.05) is 30.1 Å². The van der Waals surface area contributed by atoms with Crippen molar-refractivity contribution in [1.82, 2.24) is 15.0 Å². The van der Waals surface area contributed by atoms with Crippen LogP contribution in [-0.2, 0) is 11.3 Å². The summed E-state index contributed by atoms with van der Waals surface area (Å²) in [6, 6.07) is 23.3. The fourth-order valence-electron chi connectivity index (χ4n) is 4.80. The van der Waals surface area contributed by atoms with E-state index in [4.69, 9.17) is 26.0 Å². The van der Waals surface area contributed by atoms with Gasteiger partial charge in [-0.1, -0.05) is 41.0 Å². The topological polar surface area (TPSA) is 88.7 Å². The predicted molar refractivity (Wildman–Crippen MR) is 142 cm³/mol. The maximum Gasteiger partial charge on any atom is 0.303 e. The first-order valence-corrected chi connectivity index (χ1v) is 12.7. The van der Waals surface area contributed by atoms with Gasteiger partial charge in [-0.15, -0.1) is 0 Å². The third-order valence-corrected chi connectivity index (χ3v) is 7.06. The Kier molecular flexibility index (Phi) is 7.53. The van der Waals surface area contributed by atoms with Crippen molar-refractivity contribution in [2.24, 2.45) is 5.92 Å². The van der Waals surface area contributed by atoms with Crippen molar-refractivity contribution in [2.45, 2.75) is 38.8 Å². The first-order chi connectivity index (χ1) is 17.9. The van der Waals surface area contributed by atoms with Crippen LogP contribution in [-0.4, -0.2) is 38.7 Å². The summed E-state index contributed by atoms with van der Waals surface area (Å²) in [4.78, 5) is 18.0. The molecule has 0 amide bonds. The van der Waals surface area contributed by atoms with Crippen molar-refractivity contribution in [2.75, 3.05) is 6.54 Å². The van der Waals surface area contributed by atoms with E-state index >= 15 is 0 Å². The number of aromatic nitrogens is 2. The van der Waals surface area contributed by atoms with Gasteiger partial charge in [0.25, 0.3) is 5.89 Å². The molecule has 1 N–H and O–H groups in total. The van der Waals surface area contributed by atoms with E-state index in [1.165, 1.54) is 0 Å². The van der Waals surface area contributed by atoms with Gasteiger partial charge in [-0.3, -0.25) is 9.69 Å². The van der Waals surface area contributed by atoms with E-state index < -0.39 is 5.97 Å². The Morgan fingerprint density at radius 1 is 1.11 bits per heavy atom. The van der Waals surface area contributed by atoms with Gasteiger partial charge >= 0.3 is 5.97 Å². The molecule has 1 fully saturated rings. The molecule has 0 bridgehead atoms. The third-order valence-electron chi connectivity index (χ3n) is 6.75. The SMILES string of the molecule is CC1CC(CC(=O)O)CCN1Cc1ccc(-c2noc(-c3ccc(Oc4ccccc4)cc3)n2)c(Cl)c1. The highest BCUT2D eigenvalue weighted by atomic mass is 35.5. The van der Waals surface area contributed by atoms with Crippen LogP contribution >= 0.6 is 11.6 Å². The monoisotopic (exact) mass is 517 g/mol. The van der Waals surface area contributed by atoms with Gasteiger partial charge in [-0.2, -0.15) is 4.98 Å². The van der Waals surface area contributed by atoms with Crippen molar-refractivity contribution in [3.05, 3.63) is 83.4 Å². The first-order valence-electron chi connectivity index (χ1n) is 12.4. The van der Waals surface area contributed by atoms with Gasteiger partial charge < -0.3 is 14.4 Å². The van der Waals surface area contributed by atoms with Crippen molar-refractivity contribution in [3.8, 4) is 34.3 Å². The molecule has 1 aliphatic heterocycles. The van der Waals surface area contributed by atoms with Gasteiger partial charge in [0.05, 0.1) is 5.02 Å². The summed E-state index contributed by atoms with van der Waals surface area (Å²) < 4.78 is 11.4. The average molecular weight is 518 g/mol. The number of aliphatic carboxylic acids is 1. The second-order valence-corrected chi connectivity index (χ2v) is 9.89. The lowest BCUT2D eigenvalue weighted by Gasteiger charge is -2.37. The summed E-state index contributed by atoms with van der Waals surface area (Å²) >= 11 is 6.63. The van der Waals surface area contributed by atoms with Crippen LogP contribution in [0.1, 0.15) is 31.7 Å². The molecule has 0 radical (unpaired) electrons. The molecule has 0 saturated carbocycles. The number of nitrogens with zero attached hydrogens (tertiary/aromatic N) is 3. The van der Waals surface area contributed by atoms with E-state index in [0.717, 1.165) is 42.8 Å². The molecule has 1 saturated heterocycles. The van der Waals surface area contributed by atoms with Crippen LogP contribution in [0.4, 0.5) is 0 Å². The summed E-state index contributed by atoms with van der Waals surface area (Å²) in [5, 5.41) is 13.8. The standard InChI is InChI=1S/C29H28ClN3O4/c1-19-15-20(17-27(34)35)13-14-33(19)18-21-7-12-25(26(30)16-21)28-31-29(37-32-28)22-8-10-24(11-9-22)36-23-5-3-2-4-6-23/h2-12,16,19-20H,13-15,17-18H2,1H3,(H,34,35). The zero-order valence-electron chi connectivity index (χ0n) is 20.5. The molecule has 5 rings (SSSR count). The second-order valence-electron chi connectivity index (χ2n) is 9.48. The van der Waals surface area contributed by atoms with Crippen molar-refractivity contribution < 1.29 is 19.2 Å².